The quantitative estimate of drug-likeness (QED) is 0.890. The second-order valence-corrected chi connectivity index (χ2v) is 6.31. The Morgan fingerprint density at radius 2 is 1.75 bits per heavy atom. The maximum atomic E-state index is 13.7. The fourth-order valence-corrected chi connectivity index (χ4v) is 3.19. The van der Waals surface area contributed by atoms with Crippen LogP contribution in [0.1, 0.15) is 25.7 Å². The molecule has 0 aromatic heterocycles. The van der Waals surface area contributed by atoms with Crippen molar-refractivity contribution >= 4 is 11.6 Å². The number of halogens is 2. The van der Waals surface area contributed by atoms with Crippen molar-refractivity contribution in [3.63, 3.8) is 0 Å². The Morgan fingerprint density at radius 3 is 2.46 bits per heavy atom. The zero-order valence-electron chi connectivity index (χ0n) is 13.3. The van der Waals surface area contributed by atoms with Crippen LogP contribution in [0, 0.1) is 17.6 Å². The van der Waals surface area contributed by atoms with Gasteiger partial charge in [-0.15, -0.1) is 0 Å². The predicted octanol–water partition coefficient (Wildman–Crippen LogP) is 4.09. The summed E-state index contributed by atoms with van der Waals surface area (Å²) in [7, 11) is 0. The largest absolute Gasteiger partial charge is 0.328 e. The highest BCUT2D eigenvalue weighted by atomic mass is 19.1. The van der Waals surface area contributed by atoms with E-state index in [4.69, 9.17) is 5.73 Å². The van der Waals surface area contributed by atoms with Crippen LogP contribution in [-0.2, 0) is 4.79 Å². The van der Waals surface area contributed by atoms with Crippen LogP contribution in [0.5, 0.6) is 0 Å². The highest BCUT2D eigenvalue weighted by molar-refractivity contribution is 5.96. The highest BCUT2D eigenvalue weighted by Gasteiger charge is 2.25. The van der Waals surface area contributed by atoms with E-state index in [1.165, 1.54) is 30.3 Å². The summed E-state index contributed by atoms with van der Waals surface area (Å²) in [6, 6.07) is 9.99. The first-order valence-electron chi connectivity index (χ1n) is 8.15. The van der Waals surface area contributed by atoms with Crippen molar-refractivity contribution in [1.82, 2.24) is 0 Å². The van der Waals surface area contributed by atoms with Crippen LogP contribution in [0.4, 0.5) is 14.5 Å². The van der Waals surface area contributed by atoms with Crippen LogP contribution in [0.2, 0.25) is 0 Å². The van der Waals surface area contributed by atoms with Gasteiger partial charge in [0, 0.05) is 23.2 Å². The number of nitrogens with two attached hydrogens (primary N) is 1. The normalized spacial score (nSPS) is 20.6. The van der Waals surface area contributed by atoms with Crippen LogP contribution >= 0.6 is 0 Å². The third kappa shape index (κ3) is 3.79. The van der Waals surface area contributed by atoms with Gasteiger partial charge in [-0.05, 0) is 55.2 Å². The van der Waals surface area contributed by atoms with Crippen molar-refractivity contribution in [2.75, 3.05) is 5.32 Å². The van der Waals surface area contributed by atoms with Gasteiger partial charge in [0.05, 0.1) is 0 Å². The molecular weight excluding hydrogens is 310 g/mol. The fourth-order valence-electron chi connectivity index (χ4n) is 3.19. The molecule has 126 valence electrons. The molecule has 1 amide bonds. The number of rotatable bonds is 3. The maximum absolute atomic E-state index is 13.7. The fraction of sp³-hybridized carbons (Fsp3) is 0.316. The Bertz CT molecular complexity index is 731. The second kappa shape index (κ2) is 7.09. The lowest BCUT2D eigenvalue weighted by molar-refractivity contribution is -0.120. The summed E-state index contributed by atoms with van der Waals surface area (Å²) in [6.45, 7) is 0. The van der Waals surface area contributed by atoms with E-state index < -0.39 is 5.82 Å². The van der Waals surface area contributed by atoms with Crippen LogP contribution in [-0.4, -0.2) is 11.9 Å². The molecule has 24 heavy (non-hydrogen) atoms. The molecular formula is C19H20F2N2O. The molecule has 1 fully saturated rings. The number of amides is 1. The number of carbonyl (C=O) groups is 1. The Hall–Kier alpha value is -2.27. The first-order valence-corrected chi connectivity index (χ1v) is 8.15. The summed E-state index contributed by atoms with van der Waals surface area (Å²) in [5.41, 5.74) is 7.64. The van der Waals surface area contributed by atoms with Gasteiger partial charge in [0.25, 0.3) is 0 Å². The number of anilines is 1. The molecule has 0 heterocycles. The molecule has 1 aliphatic rings. The Labute approximate surface area is 139 Å². The van der Waals surface area contributed by atoms with Crippen LogP contribution in [0.25, 0.3) is 11.1 Å². The van der Waals surface area contributed by atoms with Gasteiger partial charge in [0.1, 0.15) is 11.6 Å². The molecule has 1 aliphatic carbocycles. The molecule has 3 rings (SSSR count). The first-order chi connectivity index (χ1) is 11.5. The molecule has 1 saturated carbocycles. The number of carbonyl (C=O) groups excluding carboxylic acids is 1. The lowest BCUT2D eigenvalue weighted by Gasteiger charge is -2.26. The Balaban J connectivity index is 1.85. The van der Waals surface area contributed by atoms with Crippen LogP contribution in [0.15, 0.2) is 42.5 Å². The molecule has 2 unspecified atom stereocenters. The number of hydrogen-bond acceptors (Lipinski definition) is 2. The van der Waals surface area contributed by atoms with Crippen molar-refractivity contribution in [3.05, 3.63) is 54.1 Å². The van der Waals surface area contributed by atoms with Gasteiger partial charge in [0.2, 0.25) is 5.91 Å². The maximum Gasteiger partial charge on any atom is 0.227 e. The topological polar surface area (TPSA) is 55.1 Å². The van der Waals surface area contributed by atoms with E-state index in [1.807, 2.05) is 0 Å². The predicted molar refractivity (Wildman–Crippen MR) is 90.4 cm³/mol. The third-order valence-corrected chi connectivity index (χ3v) is 4.48. The van der Waals surface area contributed by atoms with Crippen molar-refractivity contribution in [2.24, 2.45) is 11.7 Å². The van der Waals surface area contributed by atoms with E-state index in [9.17, 15) is 13.6 Å². The second-order valence-electron chi connectivity index (χ2n) is 6.31. The van der Waals surface area contributed by atoms with Crippen molar-refractivity contribution < 1.29 is 13.6 Å². The zero-order chi connectivity index (χ0) is 17.1. The average molecular weight is 330 g/mol. The molecule has 2 atom stereocenters. The minimum absolute atomic E-state index is 0.0549. The molecule has 5 heteroatoms. The smallest absolute Gasteiger partial charge is 0.227 e. The molecule has 2 aromatic carbocycles. The van der Waals surface area contributed by atoms with E-state index in [-0.39, 0.29) is 23.7 Å². The van der Waals surface area contributed by atoms with E-state index in [0.29, 0.717) is 23.2 Å². The third-order valence-electron chi connectivity index (χ3n) is 4.48. The lowest BCUT2D eigenvalue weighted by atomic mass is 9.85. The molecule has 0 bridgehead atoms. The van der Waals surface area contributed by atoms with Crippen LogP contribution < -0.4 is 11.1 Å². The standard InChI is InChI=1S/C19H20F2N2O/c20-14-6-4-12(5-7-14)17-11-15(21)8-9-18(17)23-19(24)13-2-1-3-16(22)10-13/h4-9,11,13,16H,1-3,10,22H2,(H,23,24). The molecule has 0 spiro atoms. The highest BCUT2D eigenvalue weighted by Crippen LogP contribution is 2.31. The van der Waals surface area contributed by atoms with Gasteiger partial charge in [-0.1, -0.05) is 18.6 Å². The van der Waals surface area contributed by atoms with Gasteiger partial charge in [-0.3, -0.25) is 4.79 Å². The minimum Gasteiger partial charge on any atom is -0.328 e. The average Bonchev–Trinajstić information content (AvgIpc) is 2.57. The molecule has 3 N–H and O–H groups in total. The summed E-state index contributed by atoms with van der Waals surface area (Å²) < 4.78 is 26.8. The summed E-state index contributed by atoms with van der Waals surface area (Å²) in [6.07, 6.45) is 3.36. The zero-order valence-corrected chi connectivity index (χ0v) is 13.3. The Kier molecular flexibility index (Phi) is 4.90. The minimum atomic E-state index is -0.410. The monoisotopic (exact) mass is 330 g/mol. The van der Waals surface area contributed by atoms with Gasteiger partial charge < -0.3 is 11.1 Å². The lowest BCUT2D eigenvalue weighted by Crippen LogP contribution is -2.34. The van der Waals surface area contributed by atoms with Crippen LogP contribution in [0.3, 0.4) is 0 Å². The molecule has 3 nitrogen and oxygen atoms in total. The van der Waals surface area contributed by atoms with Crippen molar-refractivity contribution in [2.45, 2.75) is 31.7 Å². The summed E-state index contributed by atoms with van der Waals surface area (Å²) in [4.78, 5) is 12.5. The molecule has 0 radical (unpaired) electrons. The number of nitrogens with one attached hydrogen (secondary N) is 1. The number of hydrogen-bond donors (Lipinski definition) is 2. The summed E-state index contributed by atoms with van der Waals surface area (Å²) in [5, 5.41) is 2.89. The van der Waals surface area contributed by atoms with Gasteiger partial charge in [-0.25, -0.2) is 8.78 Å². The molecule has 2 aromatic rings. The molecule has 0 aliphatic heterocycles. The van der Waals surface area contributed by atoms with E-state index in [2.05, 4.69) is 5.32 Å². The molecule has 0 saturated heterocycles. The van der Waals surface area contributed by atoms with Gasteiger partial charge in [-0.2, -0.15) is 0 Å². The van der Waals surface area contributed by atoms with E-state index >= 15 is 0 Å². The van der Waals surface area contributed by atoms with E-state index in [0.717, 1.165) is 19.3 Å². The first kappa shape index (κ1) is 16.6. The van der Waals surface area contributed by atoms with Gasteiger partial charge >= 0.3 is 0 Å². The van der Waals surface area contributed by atoms with Crippen molar-refractivity contribution in [3.8, 4) is 11.1 Å². The van der Waals surface area contributed by atoms with E-state index in [1.54, 1.807) is 12.1 Å². The Morgan fingerprint density at radius 1 is 1.04 bits per heavy atom. The SMILES string of the molecule is NC1CCCC(C(=O)Nc2ccc(F)cc2-c2ccc(F)cc2)C1. The van der Waals surface area contributed by atoms with Gasteiger partial charge in [0.15, 0.2) is 0 Å². The number of benzene rings is 2. The van der Waals surface area contributed by atoms with Crippen molar-refractivity contribution in [1.29, 1.82) is 0 Å². The summed E-state index contributed by atoms with van der Waals surface area (Å²) in [5.74, 6) is -0.996. The summed E-state index contributed by atoms with van der Waals surface area (Å²) >= 11 is 0.